The van der Waals surface area contributed by atoms with Crippen LogP contribution in [-0.2, 0) is 12.8 Å². The predicted molar refractivity (Wildman–Crippen MR) is 86.8 cm³/mol. The van der Waals surface area contributed by atoms with Gasteiger partial charge in [0.05, 0.1) is 13.4 Å². The summed E-state index contributed by atoms with van der Waals surface area (Å²) in [6.45, 7) is 0. The quantitative estimate of drug-likeness (QED) is 0.781. The van der Waals surface area contributed by atoms with Gasteiger partial charge in [0.2, 0.25) is 0 Å². The third-order valence-electron chi connectivity index (χ3n) is 4.48. The fourth-order valence-electron chi connectivity index (χ4n) is 3.31. The van der Waals surface area contributed by atoms with Crippen molar-refractivity contribution in [2.45, 2.75) is 25.3 Å². The Bertz CT molecular complexity index is 849. The van der Waals surface area contributed by atoms with Gasteiger partial charge in [-0.25, -0.2) is 0 Å². The van der Waals surface area contributed by atoms with Crippen LogP contribution in [0.1, 0.15) is 28.2 Å². The average Bonchev–Trinajstić information content (AvgIpc) is 3.22. The summed E-state index contributed by atoms with van der Waals surface area (Å²) in [4.78, 5) is 15.6. The van der Waals surface area contributed by atoms with Gasteiger partial charge in [0.25, 0.3) is 5.91 Å². The smallest absolute Gasteiger partial charge is 0.287 e. The van der Waals surface area contributed by atoms with Gasteiger partial charge in [-0.1, -0.05) is 0 Å². The maximum atomic E-state index is 12.2. The molecule has 23 heavy (non-hydrogen) atoms. The van der Waals surface area contributed by atoms with Crippen LogP contribution < -0.4 is 10.1 Å². The molecule has 0 spiro atoms. The molecule has 1 unspecified atom stereocenters. The lowest BCUT2D eigenvalue weighted by atomic mass is 9.91. The van der Waals surface area contributed by atoms with Gasteiger partial charge in [-0.15, -0.1) is 0 Å². The Kier molecular flexibility index (Phi) is 3.33. The molecule has 2 heterocycles. The summed E-state index contributed by atoms with van der Waals surface area (Å²) < 4.78 is 10.5. The van der Waals surface area contributed by atoms with Crippen LogP contribution in [0.5, 0.6) is 5.75 Å². The third-order valence-corrected chi connectivity index (χ3v) is 4.48. The van der Waals surface area contributed by atoms with Gasteiger partial charge in [-0.05, 0) is 55.2 Å². The number of fused-ring (bicyclic) bond motifs is 3. The molecule has 0 radical (unpaired) electrons. The number of amides is 1. The minimum absolute atomic E-state index is 0.116. The van der Waals surface area contributed by atoms with Crippen LogP contribution in [0.2, 0.25) is 0 Å². The Morgan fingerprint density at radius 1 is 1.39 bits per heavy atom. The van der Waals surface area contributed by atoms with Crippen molar-refractivity contribution in [3.8, 4) is 5.75 Å². The lowest BCUT2D eigenvalue weighted by Crippen LogP contribution is -2.38. The first-order valence-electron chi connectivity index (χ1n) is 7.76. The van der Waals surface area contributed by atoms with E-state index < -0.39 is 0 Å². The Balaban J connectivity index is 1.59. The number of hydrogen-bond acceptors (Lipinski definition) is 3. The van der Waals surface area contributed by atoms with Crippen LogP contribution in [-0.4, -0.2) is 24.0 Å². The highest BCUT2D eigenvalue weighted by molar-refractivity contribution is 5.92. The van der Waals surface area contributed by atoms with Crippen molar-refractivity contribution in [3.63, 3.8) is 0 Å². The van der Waals surface area contributed by atoms with Gasteiger partial charge in [-0.2, -0.15) is 0 Å². The zero-order valence-corrected chi connectivity index (χ0v) is 12.9. The molecule has 1 amide bonds. The van der Waals surface area contributed by atoms with Crippen LogP contribution in [0.4, 0.5) is 0 Å². The van der Waals surface area contributed by atoms with Crippen LogP contribution in [0.25, 0.3) is 10.9 Å². The first-order valence-corrected chi connectivity index (χ1v) is 7.76. The highest BCUT2D eigenvalue weighted by Gasteiger charge is 2.24. The van der Waals surface area contributed by atoms with Crippen molar-refractivity contribution in [2.75, 3.05) is 7.11 Å². The number of methoxy groups -OCH3 is 1. The summed E-state index contributed by atoms with van der Waals surface area (Å²) in [7, 11) is 1.67. The number of carbonyl (C=O) groups is 1. The van der Waals surface area contributed by atoms with Crippen LogP contribution >= 0.6 is 0 Å². The zero-order valence-electron chi connectivity index (χ0n) is 12.9. The first-order chi connectivity index (χ1) is 11.2. The molecule has 4 rings (SSSR count). The maximum Gasteiger partial charge on any atom is 0.287 e. The lowest BCUT2D eigenvalue weighted by Gasteiger charge is -2.23. The van der Waals surface area contributed by atoms with E-state index in [1.54, 1.807) is 19.2 Å². The number of benzene rings is 1. The highest BCUT2D eigenvalue weighted by Crippen LogP contribution is 2.31. The second kappa shape index (κ2) is 5.50. The van der Waals surface area contributed by atoms with Crippen molar-refractivity contribution in [1.82, 2.24) is 10.3 Å². The van der Waals surface area contributed by atoms with Gasteiger partial charge in [-0.3, -0.25) is 4.79 Å². The lowest BCUT2D eigenvalue weighted by molar-refractivity contribution is 0.0905. The summed E-state index contributed by atoms with van der Waals surface area (Å²) in [6.07, 6.45) is 4.17. The van der Waals surface area contributed by atoms with Crippen molar-refractivity contribution < 1.29 is 13.9 Å². The Hall–Kier alpha value is -2.69. The Morgan fingerprint density at radius 3 is 3.09 bits per heavy atom. The van der Waals surface area contributed by atoms with Crippen molar-refractivity contribution in [1.29, 1.82) is 0 Å². The van der Waals surface area contributed by atoms with E-state index >= 15 is 0 Å². The molecule has 0 aliphatic heterocycles. The number of ether oxygens (including phenoxy) is 1. The standard InChI is InChI=1S/C18H18N2O3/c1-22-12-5-7-16-14(10-12)13-9-11(4-6-15(13)20-16)19-18(21)17-3-2-8-23-17/h2-3,5,7-8,10-11,20H,4,6,9H2,1H3,(H,19,21). The fraction of sp³-hybridized carbons (Fsp3) is 0.278. The van der Waals surface area contributed by atoms with E-state index in [4.69, 9.17) is 9.15 Å². The van der Waals surface area contributed by atoms with E-state index in [1.165, 1.54) is 22.9 Å². The van der Waals surface area contributed by atoms with Crippen molar-refractivity contribution in [3.05, 3.63) is 53.6 Å². The minimum atomic E-state index is -0.152. The molecular weight excluding hydrogens is 292 g/mol. The molecule has 0 bridgehead atoms. The van der Waals surface area contributed by atoms with Gasteiger partial charge in [0, 0.05) is 22.6 Å². The van der Waals surface area contributed by atoms with E-state index in [1.807, 2.05) is 12.1 Å². The molecular formula is C18H18N2O3. The molecule has 5 heteroatoms. The van der Waals surface area contributed by atoms with E-state index in [-0.39, 0.29) is 11.9 Å². The van der Waals surface area contributed by atoms with Gasteiger partial charge < -0.3 is 19.5 Å². The van der Waals surface area contributed by atoms with Gasteiger partial charge in [0.15, 0.2) is 5.76 Å². The molecule has 1 aliphatic rings. The van der Waals surface area contributed by atoms with E-state index in [0.29, 0.717) is 5.76 Å². The monoisotopic (exact) mass is 310 g/mol. The molecule has 1 aliphatic carbocycles. The van der Waals surface area contributed by atoms with Crippen LogP contribution in [0.15, 0.2) is 41.0 Å². The Labute approximate surface area is 133 Å². The number of aryl methyl sites for hydroxylation is 1. The third kappa shape index (κ3) is 2.48. The topological polar surface area (TPSA) is 67.3 Å². The average molecular weight is 310 g/mol. The van der Waals surface area contributed by atoms with E-state index in [9.17, 15) is 4.79 Å². The van der Waals surface area contributed by atoms with Crippen molar-refractivity contribution in [2.24, 2.45) is 0 Å². The summed E-state index contributed by atoms with van der Waals surface area (Å²) >= 11 is 0. The first kappa shape index (κ1) is 13.9. The molecule has 118 valence electrons. The summed E-state index contributed by atoms with van der Waals surface area (Å²) in [6, 6.07) is 9.58. The molecule has 3 aromatic rings. The minimum Gasteiger partial charge on any atom is -0.497 e. The zero-order chi connectivity index (χ0) is 15.8. The largest absolute Gasteiger partial charge is 0.497 e. The highest BCUT2D eigenvalue weighted by atomic mass is 16.5. The van der Waals surface area contributed by atoms with Crippen LogP contribution in [0.3, 0.4) is 0 Å². The van der Waals surface area contributed by atoms with Gasteiger partial charge >= 0.3 is 0 Å². The van der Waals surface area contributed by atoms with Crippen LogP contribution in [0, 0.1) is 0 Å². The molecule has 2 aromatic heterocycles. The molecule has 0 saturated heterocycles. The normalized spacial score (nSPS) is 17.0. The molecule has 0 saturated carbocycles. The second-order valence-electron chi connectivity index (χ2n) is 5.88. The molecule has 0 fully saturated rings. The SMILES string of the molecule is COc1ccc2[nH]c3c(c2c1)CC(NC(=O)c1ccco1)CC3. The number of carbonyl (C=O) groups excluding carboxylic acids is 1. The summed E-state index contributed by atoms with van der Waals surface area (Å²) in [5.74, 6) is 1.05. The van der Waals surface area contributed by atoms with E-state index in [0.717, 1.165) is 30.5 Å². The number of rotatable bonds is 3. The second-order valence-corrected chi connectivity index (χ2v) is 5.88. The van der Waals surface area contributed by atoms with Gasteiger partial charge in [0.1, 0.15) is 5.75 Å². The number of furan rings is 1. The molecule has 2 N–H and O–H groups in total. The van der Waals surface area contributed by atoms with Crippen molar-refractivity contribution >= 4 is 16.8 Å². The number of nitrogens with one attached hydrogen (secondary N) is 2. The summed E-state index contributed by atoms with van der Waals surface area (Å²) in [5, 5.41) is 4.24. The van der Waals surface area contributed by atoms with E-state index in [2.05, 4.69) is 16.4 Å². The fourth-order valence-corrected chi connectivity index (χ4v) is 3.31. The number of hydrogen-bond donors (Lipinski definition) is 2. The molecule has 1 aromatic carbocycles. The number of H-pyrrole nitrogens is 1. The number of aromatic amines is 1. The number of aromatic nitrogens is 1. The maximum absolute atomic E-state index is 12.2. The summed E-state index contributed by atoms with van der Waals surface area (Å²) in [5.41, 5.74) is 3.65. The predicted octanol–water partition coefficient (Wildman–Crippen LogP) is 3.06. The molecule has 5 nitrogen and oxygen atoms in total. The molecule has 1 atom stereocenters. The Morgan fingerprint density at radius 2 is 2.30 bits per heavy atom.